The second-order valence-corrected chi connectivity index (χ2v) is 7.34. The molecule has 3 heterocycles. The molecule has 2 N–H and O–H groups in total. The summed E-state index contributed by atoms with van der Waals surface area (Å²) in [5.74, 6) is 0.0867. The minimum atomic E-state index is -0.318. The van der Waals surface area contributed by atoms with Gasteiger partial charge in [-0.1, -0.05) is 18.2 Å². The number of aromatic nitrogens is 1. The monoisotopic (exact) mass is 327 g/mol. The molecule has 5 heteroatoms. The second kappa shape index (κ2) is 5.90. The number of hydrogen-bond donors (Lipinski definition) is 2. The van der Waals surface area contributed by atoms with Gasteiger partial charge in [0.15, 0.2) is 0 Å². The summed E-state index contributed by atoms with van der Waals surface area (Å²) >= 11 is 0. The lowest BCUT2D eigenvalue weighted by molar-refractivity contribution is -0.0432. The molecule has 0 saturated carbocycles. The molecule has 1 amide bonds. The Kier molecular flexibility index (Phi) is 3.85. The number of fused-ring (bicyclic) bond motifs is 1. The maximum Gasteiger partial charge on any atom is 0.256 e. The number of benzene rings is 1. The summed E-state index contributed by atoms with van der Waals surface area (Å²) in [5, 5.41) is 15.0. The van der Waals surface area contributed by atoms with E-state index in [1.807, 2.05) is 47.0 Å². The molecule has 4 rings (SSSR count). The molecule has 0 radical (unpaired) electrons. The number of amides is 1. The molecular formula is C19H25N3O2. The average Bonchev–Trinajstić information content (AvgIpc) is 2.95. The number of carbonyl (C=O) groups is 1. The van der Waals surface area contributed by atoms with E-state index < -0.39 is 0 Å². The highest BCUT2D eigenvalue weighted by Gasteiger charge is 2.44. The number of para-hydroxylation sites is 1. The van der Waals surface area contributed by atoms with Gasteiger partial charge < -0.3 is 19.9 Å². The van der Waals surface area contributed by atoms with Crippen molar-refractivity contribution in [2.24, 2.45) is 12.5 Å². The molecule has 0 aliphatic carbocycles. The zero-order valence-electron chi connectivity index (χ0n) is 14.2. The van der Waals surface area contributed by atoms with E-state index in [1.165, 1.54) is 0 Å². The van der Waals surface area contributed by atoms with Gasteiger partial charge in [0.05, 0.1) is 11.7 Å². The highest BCUT2D eigenvalue weighted by Crippen LogP contribution is 2.37. The summed E-state index contributed by atoms with van der Waals surface area (Å²) in [4.78, 5) is 15.1. The molecule has 0 bridgehead atoms. The van der Waals surface area contributed by atoms with Gasteiger partial charge in [0, 0.05) is 49.2 Å². The van der Waals surface area contributed by atoms with Crippen molar-refractivity contribution in [3.8, 4) is 0 Å². The lowest BCUT2D eigenvalue weighted by Gasteiger charge is -2.48. The molecule has 2 saturated heterocycles. The Morgan fingerprint density at radius 1 is 1.38 bits per heavy atom. The van der Waals surface area contributed by atoms with E-state index in [4.69, 9.17) is 0 Å². The van der Waals surface area contributed by atoms with Crippen molar-refractivity contribution in [2.45, 2.75) is 25.4 Å². The molecule has 2 atom stereocenters. The van der Waals surface area contributed by atoms with Crippen molar-refractivity contribution in [2.75, 3.05) is 26.2 Å². The fourth-order valence-corrected chi connectivity index (χ4v) is 4.43. The van der Waals surface area contributed by atoms with E-state index in [-0.39, 0.29) is 17.4 Å². The Balaban J connectivity index is 1.64. The molecular weight excluding hydrogens is 302 g/mol. The summed E-state index contributed by atoms with van der Waals surface area (Å²) in [6.45, 7) is 3.08. The van der Waals surface area contributed by atoms with E-state index in [9.17, 15) is 9.90 Å². The van der Waals surface area contributed by atoms with Crippen molar-refractivity contribution in [1.29, 1.82) is 0 Å². The number of aliphatic hydroxyl groups excluding tert-OH is 1. The first-order valence-electron chi connectivity index (χ1n) is 8.83. The van der Waals surface area contributed by atoms with Crippen LogP contribution in [0.4, 0.5) is 0 Å². The van der Waals surface area contributed by atoms with Crippen LogP contribution in [0, 0.1) is 5.41 Å². The highest BCUT2D eigenvalue weighted by atomic mass is 16.3. The first-order chi connectivity index (χ1) is 11.6. The van der Waals surface area contributed by atoms with E-state index >= 15 is 0 Å². The molecule has 2 aromatic rings. The van der Waals surface area contributed by atoms with Crippen molar-refractivity contribution in [3.63, 3.8) is 0 Å². The smallest absolute Gasteiger partial charge is 0.256 e. The predicted octanol–water partition coefficient (Wildman–Crippen LogP) is 1.75. The van der Waals surface area contributed by atoms with E-state index in [0.29, 0.717) is 6.54 Å². The van der Waals surface area contributed by atoms with Crippen LogP contribution in [0.2, 0.25) is 0 Å². The third-order valence-electron chi connectivity index (χ3n) is 5.80. The standard InChI is InChI=1S/C19H25N3O2/c1-21-11-15(14-5-2-3-6-16(14)21)18(24)22-10-4-8-19(13-22)12-20-9-7-17(19)23/h2-3,5-6,11,17,20,23H,4,7-10,12-13H2,1H3/t17-,19-/m0/s1. The Labute approximate surface area is 142 Å². The van der Waals surface area contributed by atoms with Crippen molar-refractivity contribution in [3.05, 3.63) is 36.0 Å². The van der Waals surface area contributed by atoms with Gasteiger partial charge in [-0.15, -0.1) is 0 Å². The van der Waals surface area contributed by atoms with Crippen LogP contribution in [-0.4, -0.2) is 52.8 Å². The molecule has 1 spiro atoms. The predicted molar refractivity (Wildman–Crippen MR) is 94.0 cm³/mol. The minimum Gasteiger partial charge on any atom is -0.392 e. The number of nitrogens with zero attached hydrogens (tertiary/aromatic N) is 2. The summed E-state index contributed by atoms with van der Waals surface area (Å²) in [5.41, 5.74) is 1.66. The maximum absolute atomic E-state index is 13.2. The van der Waals surface area contributed by atoms with Gasteiger partial charge in [-0.25, -0.2) is 0 Å². The number of aryl methyl sites for hydroxylation is 1. The molecule has 2 fully saturated rings. The van der Waals surface area contributed by atoms with E-state index in [2.05, 4.69) is 5.32 Å². The van der Waals surface area contributed by atoms with Crippen LogP contribution >= 0.6 is 0 Å². The molecule has 2 aliphatic rings. The molecule has 0 unspecified atom stereocenters. The zero-order valence-corrected chi connectivity index (χ0v) is 14.2. The van der Waals surface area contributed by atoms with Crippen LogP contribution in [0.25, 0.3) is 10.9 Å². The molecule has 2 aliphatic heterocycles. The first-order valence-corrected chi connectivity index (χ1v) is 8.83. The van der Waals surface area contributed by atoms with E-state index in [1.54, 1.807) is 0 Å². The van der Waals surface area contributed by atoms with Crippen LogP contribution in [0.5, 0.6) is 0 Å². The Morgan fingerprint density at radius 3 is 3.04 bits per heavy atom. The largest absolute Gasteiger partial charge is 0.392 e. The first kappa shape index (κ1) is 15.7. The van der Waals surface area contributed by atoms with Crippen LogP contribution in [0.3, 0.4) is 0 Å². The highest BCUT2D eigenvalue weighted by molar-refractivity contribution is 6.07. The summed E-state index contributed by atoms with van der Waals surface area (Å²) in [7, 11) is 1.98. The number of hydrogen-bond acceptors (Lipinski definition) is 3. The molecule has 5 nitrogen and oxygen atoms in total. The van der Waals surface area contributed by atoms with Crippen molar-refractivity contribution >= 4 is 16.8 Å². The summed E-state index contributed by atoms with van der Waals surface area (Å²) in [6.07, 6.45) is 4.33. The second-order valence-electron chi connectivity index (χ2n) is 7.34. The quantitative estimate of drug-likeness (QED) is 0.839. The maximum atomic E-state index is 13.2. The van der Waals surface area contributed by atoms with Gasteiger partial charge in [0.25, 0.3) is 5.91 Å². The topological polar surface area (TPSA) is 57.5 Å². The third kappa shape index (κ3) is 2.43. The van der Waals surface area contributed by atoms with Gasteiger partial charge >= 0.3 is 0 Å². The minimum absolute atomic E-state index is 0.0867. The number of carbonyl (C=O) groups excluding carboxylic acids is 1. The van der Waals surface area contributed by atoms with Crippen LogP contribution in [0.1, 0.15) is 29.6 Å². The Bertz CT molecular complexity index is 765. The average molecular weight is 327 g/mol. The molecule has 1 aromatic heterocycles. The molecule has 24 heavy (non-hydrogen) atoms. The number of piperidine rings is 2. The van der Waals surface area contributed by atoms with Gasteiger partial charge in [0.2, 0.25) is 0 Å². The fourth-order valence-electron chi connectivity index (χ4n) is 4.43. The SMILES string of the molecule is Cn1cc(C(=O)N2CCC[C@]3(CNCC[C@@H]3O)C2)c2ccccc21. The van der Waals surface area contributed by atoms with Gasteiger partial charge in [-0.05, 0) is 31.9 Å². The van der Waals surface area contributed by atoms with Crippen molar-refractivity contribution in [1.82, 2.24) is 14.8 Å². The summed E-state index contributed by atoms with van der Waals surface area (Å²) < 4.78 is 2.01. The van der Waals surface area contributed by atoms with Crippen LogP contribution < -0.4 is 5.32 Å². The van der Waals surface area contributed by atoms with Crippen LogP contribution in [-0.2, 0) is 7.05 Å². The zero-order chi connectivity index (χ0) is 16.7. The van der Waals surface area contributed by atoms with Gasteiger partial charge in [-0.2, -0.15) is 0 Å². The number of rotatable bonds is 1. The number of likely N-dealkylation sites (tertiary alicyclic amines) is 1. The lowest BCUT2D eigenvalue weighted by atomic mass is 9.72. The summed E-state index contributed by atoms with van der Waals surface area (Å²) in [6, 6.07) is 8.03. The Morgan fingerprint density at radius 2 is 2.21 bits per heavy atom. The van der Waals surface area contributed by atoms with Crippen LogP contribution in [0.15, 0.2) is 30.5 Å². The molecule has 128 valence electrons. The Hall–Kier alpha value is -1.85. The van der Waals surface area contributed by atoms with Gasteiger partial charge in [0.1, 0.15) is 0 Å². The third-order valence-corrected chi connectivity index (χ3v) is 5.80. The van der Waals surface area contributed by atoms with E-state index in [0.717, 1.165) is 55.4 Å². The number of nitrogens with one attached hydrogen (secondary N) is 1. The van der Waals surface area contributed by atoms with Crippen molar-refractivity contribution < 1.29 is 9.90 Å². The normalized spacial score (nSPS) is 27.8. The fraction of sp³-hybridized carbons (Fsp3) is 0.526. The van der Waals surface area contributed by atoms with Gasteiger partial charge in [-0.3, -0.25) is 4.79 Å². The number of aliphatic hydroxyl groups is 1. The lowest BCUT2D eigenvalue weighted by Crippen LogP contribution is -2.58. The molecule has 1 aromatic carbocycles.